The summed E-state index contributed by atoms with van der Waals surface area (Å²) in [5.41, 5.74) is 39.4. The lowest BCUT2D eigenvalue weighted by molar-refractivity contribution is -0.673. The van der Waals surface area contributed by atoms with Gasteiger partial charge in [-0.1, -0.05) is 187 Å². The Balaban J connectivity index is 0.000000108. The molecule has 0 amide bonds. The van der Waals surface area contributed by atoms with Crippen LogP contribution in [0.4, 0.5) is 0 Å². The van der Waals surface area contributed by atoms with Gasteiger partial charge in [-0.05, 0) is 275 Å². The molecule has 0 saturated heterocycles. The molecule has 0 atom stereocenters. The molecule has 5 fully saturated rings. The van der Waals surface area contributed by atoms with E-state index >= 15 is 0 Å². The first-order valence-electron chi connectivity index (χ1n) is 46.4. The first-order chi connectivity index (χ1) is 56.0. The molecule has 0 unspecified atom stereocenters. The van der Waals surface area contributed by atoms with Crippen LogP contribution in [0.5, 0.6) is 0 Å². The standard InChI is InChI=1S/5C22H28N/c1-17-9-4-5-11-19(17)20-13-12-18-10-8-16-22(21(18)23(20)2)14-6-3-7-15-22;1-17-9-4-5-11-19(17)21-15-18-10-8-14-22(12-6-3-7-13-22)20(18)16-23(21)2;1-17-9-4-5-10-18(17)20-13-12-19-21(23(20)2)11-8-16-22(19)14-6-3-7-15-22;1-17-8-4-5-9-19(17)21-11-10-18-16-22(13-6-3-7-14-22)15-12-20(18)23(21)2;1-17-8-4-5-9-19(17)20-11-10-18-12-15-22(13-6-3-7-14-22)16-21(18)23(20)2/h4-5,9,11-13H,3,6-8,10,14-16H2,1-2H3;4-5,9,11,15-16H,3,6-8,10,12-14H2,1-2H3;4-5,9-10,12-13H,3,6-8,11,14-16H2,1-2H3;2*4-5,8-11H,3,6-7,12-16H2,1-2H3/q5*+1. The third kappa shape index (κ3) is 16.6. The number of hydrogen-bond acceptors (Lipinski definition) is 0. The largest absolute Gasteiger partial charge is 0.212 e. The van der Waals surface area contributed by atoms with Crippen LogP contribution < -0.4 is 22.8 Å². The fourth-order valence-electron chi connectivity index (χ4n) is 25.2. The monoisotopic (exact) mass is 1530 g/mol. The minimum Gasteiger partial charge on any atom is -0.201 e. The highest BCUT2D eigenvalue weighted by Crippen LogP contribution is 2.52. The summed E-state index contributed by atoms with van der Waals surface area (Å²) in [6.45, 7) is 11.1. The van der Waals surface area contributed by atoms with Crippen molar-refractivity contribution in [1.29, 1.82) is 0 Å². The Bertz CT molecular complexity index is 5020. The number of fused-ring (bicyclic) bond motifs is 8. The van der Waals surface area contributed by atoms with Crippen molar-refractivity contribution in [3.63, 3.8) is 0 Å². The zero-order chi connectivity index (χ0) is 79.3. The van der Waals surface area contributed by atoms with Gasteiger partial charge < -0.3 is 0 Å². The number of nitrogens with zero attached hydrogens (tertiary/aromatic N) is 5. The molecule has 0 aliphatic heterocycles. The van der Waals surface area contributed by atoms with Gasteiger partial charge in [0.05, 0.1) is 5.41 Å². The van der Waals surface area contributed by atoms with E-state index in [1.54, 1.807) is 56.2 Å². The summed E-state index contributed by atoms with van der Waals surface area (Å²) in [6, 6.07) is 65.5. The molecule has 5 aromatic heterocycles. The predicted molar refractivity (Wildman–Crippen MR) is 477 cm³/mol. The lowest BCUT2D eigenvalue weighted by atomic mass is 9.63. The molecule has 10 aliphatic rings. The molecule has 5 heterocycles. The second-order valence-electron chi connectivity index (χ2n) is 38.6. The smallest absolute Gasteiger partial charge is 0.201 e. The fraction of sp³-hybridized carbons (Fsp3) is 0.500. The number of pyridine rings is 5. The maximum absolute atomic E-state index is 2.54. The number of aromatic nitrogens is 5. The van der Waals surface area contributed by atoms with Crippen LogP contribution >= 0.6 is 0 Å². The maximum atomic E-state index is 2.54. The molecule has 5 saturated carbocycles. The molecule has 20 rings (SSSR count). The third-order valence-corrected chi connectivity index (χ3v) is 31.7. The van der Waals surface area contributed by atoms with Crippen molar-refractivity contribution in [2.75, 3.05) is 0 Å². The highest BCUT2D eigenvalue weighted by molar-refractivity contribution is 5.65. The van der Waals surface area contributed by atoms with E-state index in [0.29, 0.717) is 27.1 Å². The van der Waals surface area contributed by atoms with Crippen LogP contribution in [0, 0.1) is 45.4 Å². The van der Waals surface area contributed by atoms with Gasteiger partial charge in [0.1, 0.15) is 35.2 Å². The van der Waals surface area contributed by atoms with Crippen LogP contribution in [0.25, 0.3) is 56.3 Å². The van der Waals surface area contributed by atoms with E-state index in [1.807, 2.05) is 0 Å². The summed E-state index contributed by atoms with van der Waals surface area (Å²) in [4.78, 5) is 0. The molecular weight excluding hydrogens is 1390 g/mol. The van der Waals surface area contributed by atoms with E-state index in [1.165, 1.54) is 341 Å². The Labute approximate surface area is 694 Å². The minimum absolute atomic E-state index is 0.458. The molecule has 5 aromatic carbocycles. The average Bonchev–Trinajstić information content (AvgIpc) is 0.766. The van der Waals surface area contributed by atoms with Crippen molar-refractivity contribution < 1.29 is 22.8 Å². The molecule has 0 radical (unpaired) electrons. The number of hydrogen-bond donors (Lipinski definition) is 0. The predicted octanol–water partition coefficient (Wildman–Crippen LogP) is 24.9. The number of aryl methyl sites for hydroxylation is 9. The zero-order valence-corrected chi connectivity index (χ0v) is 72.8. The van der Waals surface area contributed by atoms with Gasteiger partial charge in [0.25, 0.3) is 0 Å². The normalized spacial score (nSPS) is 19.6. The average molecular weight is 1530 g/mol. The second-order valence-corrected chi connectivity index (χ2v) is 38.6. The topological polar surface area (TPSA) is 19.4 Å². The van der Waals surface area contributed by atoms with Gasteiger partial charge in [-0.3, -0.25) is 0 Å². The van der Waals surface area contributed by atoms with Crippen molar-refractivity contribution in [1.82, 2.24) is 0 Å². The van der Waals surface area contributed by atoms with Gasteiger partial charge in [-0.25, -0.2) is 4.57 Å². The number of rotatable bonds is 5. The van der Waals surface area contributed by atoms with E-state index in [2.05, 4.69) is 275 Å². The van der Waals surface area contributed by atoms with E-state index < -0.39 is 0 Å². The van der Waals surface area contributed by atoms with Crippen LogP contribution in [-0.4, -0.2) is 0 Å². The van der Waals surface area contributed by atoms with Gasteiger partial charge in [-0.2, -0.15) is 18.3 Å². The quantitative estimate of drug-likeness (QED) is 0.153. The highest BCUT2D eigenvalue weighted by atomic mass is 15.0. The first-order valence-corrected chi connectivity index (χ1v) is 46.4. The van der Waals surface area contributed by atoms with Gasteiger partial charge in [-0.15, -0.1) is 0 Å². The molecule has 5 heteroatoms. The van der Waals surface area contributed by atoms with E-state index in [9.17, 15) is 0 Å². The molecule has 5 spiro atoms. The van der Waals surface area contributed by atoms with Gasteiger partial charge >= 0.3 is 0 Å². The Hall–Kier alpha value is -8.15. The molecule has 115 heavy (non-hydrogen) atoms. The molecular formula is C110H140N5+5. The van der Waals surface area contributed by atoms with Crippen LogP contribution in [-0.2, 0) is 96.4 Å². The van der Waals surface area contributed by atoms with Crippen LogP contribution in [0.15, 0.2) is 182 Å². The van der Waals surface area contributed by atoms with E-state index in [4.69, 9.17) is 0 Å². The van der Waals surface area contributed by atoms with Gasteiger partial charge in [0.15, 0.2) is 29.0 Å². The summed E-state index contributed by atoms with van der Waals surface area (Å²) in [5.74, 6) is 0. The minimum atomic E-state index is 0.458. The summed E-state index contributed by atoms with van der Waals surface area (Å²) >= 11 is 0. The van der Waals surface area contributed by atoms with Crippen molar-refractivity contribution in [3.05, 3.63) is 266 Å². The molecule has 0 N–H and O–H groups in total. The lowest BCUT2D eigenvalue weighted by Gasteiger charge is -2.41. The summed E-state index contributed by atoms with van der Waals surface area (Å²) in [6.07, 6.45) is 58.2. The molecule has 0 bridgehead atoms. The van der Waals surface area contributed by atoms with E-state index in [0.717, 1.165) is 0 Å². The van der Waals surface area contributed by atoms with Gasteiger partial charge in [0.2, 0.25) is 28.5 Å². The van der Waals surface area contributed by atoms with Crippen molar-refractivity contribution in [3.8, 4) is 56.3 Å². The lowest BCUT2D eigenvalue weighted by Crippen LogP contribution is -2.48. The van der Waals surface area contributed by atoms with Gasteiger partial charge in [0, 0.05) is 116 Å². The summed E-state index contributed by atoms with van der Waals surface area (Å²) < 4.78 is 12.4. The Kier molecular flexibility index (Phi) is 24.7. The SMILES string of the molecule is Cc1ccccc1-c1cc2c(c[n+]1C)C1(CCCCC1)CCC2.Cc1ccccc1-c1ccc2c([n+]1C)C1(CCCCC1)CCC2.Cc1ccccc1-c1ccc2c([n+]1C)CC1(CCCCC1)CC2.Cc1ccccc1-c1ccc2c([n+]1C)CCC1(CCCCC1)C2.Cc1ccccc1-c1ccc2c([n+]1C)CCCC21CCCCC1. The van der Waals surface area contributed by atoms with E-state index in [-0.39, 0.29) is 0 Å². The highest BCUT2D eigenvalue weighted by Gasteiger charge is 2.47. The van der Waals surface area contributed by atoms with Crippen molar-refractivity contribution in [2.24, 2.45) is 46.1 Å². The van der Waals surface area contributed by atoms with Crippen molar-refractivity contribution in [2.45, 2.75) is 308 Å². The molecule has 600 valence electrons. The fourth-order valence-corrected chi connectivity index (χ4v) is 25.2. The second kappa shape index (κ2) is 35.2. The Morgan fingerprint density at radius 3 is 1.07 bits per heavy atom. The van der Waals surface area contributed by atoms with Crippen LogP contribution in [0.2, 0.25) is 0 Å². The Morgan fingerprint density at radius 2 is 0.583 bits per heavy atom. The first kappa shape index (κ1) is 80.6. The van der Waals surface area contributed by atoms with Crippen LogP contribution in [0.1, 0.15) is 296 Å². The summed E-state index contributed by atoms with van der Waals surface area (Å²) in [7, 11) is 11.4. The molecule has 10 aliphatic carbocycles. The number of benzene rings is 5. The third-order valence-electron chi connectivity index (χ3n) is 31.7. The Morgan fingerprint density at radius 1 is 0.235 bits per heavy atom. The molecule has 5 nitrogen and oxygen atoms in total. The maximum Gasteiger partial charge on any atom is 0.212 e. The summed E-state index contributed by atoms with van der Waals surface area (Å²) in [5, 5.41) is 0. The zero-order valence-electron chi connectivity index (χ0n) is 72.8. The molecule has 10 aromatic rings. The van der Waals surface area contributed by atoms with Crippen LogP contribution in [0.3, 0.4) is 0 Å². The van der Waals surface area contributed by atoms with Crippen molar-refractivity contribution >= 4 is 0 Å².